The van der Waals surface area contributed by atoms with Crippen LogP contribution in [-0.2, 0) is 16.4 Å². The van der Waals surface area contributed by atoms with Gasteiger partial charge in [0.05, 0.1) is 5.56 Å². The molecule has 3 rings (SSSR count). The van der Waals surface area contributed by atoms with Gasteiger partial charge in [-0.25, -0.2) is 0 Å². The molecule has 9 heteroatoms. The fraction of sp³-hybridized carbons (Fsp3) is 0.647. The highest BCUT2D eigenvalue weighted by atomic mass is 32.2. The fourth-order valence-electron chi connectivity index (χ4n) is 3.43. The number of alkyl halides is 3. The number of anilines is 1. The van der Waals surface area contributed by atoms with Crippen molar-refractivity contribution in [3.8, 4) is 0 Å². The maximum absolute atomic E-state index is 12.9. The van der Waals surface area contributed by atoms with Crippen LogP contribution in [0.25, 0.3) is 0 Å². The maximum Gasteiger partial charge on any atom is 0.416 e. The maximum atomic E-state index is 12.9. The van der Waals surface area contributed by atoms with E-state index in [-0.39, 0.29) is 13.1 Å². The molecule has 0 aromatic heterocycles. The monoisotopic (exact) mass is 391 g/mol. The van der Waals surface area contributed by atoms with Crippen molar-refractivity contribution >= 4 is 15.9 Å². The van der Waals surface area contributed by atoms with E-state index in [2.05, 4.69) is 6.92 Å². The van der Waals surface area contributed by atoms with Crippen LogP contribution in [0.2, 0.25) is 0 Å². The van der Waals surface area contributed by atoms with E-state index in [4.69, 9.17) is 0 Å². The van der Waals surface area contributed by atoms with Gasteiger partial charge in [0.25, 0.3) is 10.2 Å². The molecule has 5 nitrogen and oxygen atoms in total. The van der Waals surface area contributed by atoms with Gasteiger partial charge in [-0.15, -0.1) is 0 Å². The Morgan fingerprint density at radius 1 is 0.962 bits per heavy atom. The van der Waals surface area contributed by atoms with Gasteiger partial charge >= 0.3 is 6.18 Å². The summed E-state index contributed by atoms with van der Waals surface area (Å²) in [5.74, 6) is 0.541. The minimum atomic E-state index is -4.38. The van der Waals surface area contributed by atoms with Gasteiger partial charge in [-0.1, -0.05) is 13.0 Å². The molecule has 2 aliphatic heterocycles. The van der Waals surface area contributed by atoms with Gasteiger partial charge in [-0.2, -0.15) is 30.2 Å². The van der Waals surface area contributed by atoms with E-state index in [9.17, 15) is 21.6 Å². The van der Waals surface area contributed by atoms with Crippen LogP contribution in [0.3, 0.4) is 0 Å². The summed E-state index contributed by atoms with van der Waals surface area (Å²) in [5.41, 5.74) is -0.212. The van der Waals surface area contributed by atoms with Crippen molar-refractivity contribution in [3.05, 3.63) is 29.8 Å². The molecule has 0 N–H and O–H groups in total. The first-order chi connectivity index (χ1) is 12.2. The molecule has 0 radical (unpaired) electrons. The van der Waals surface area contributed by atoms with E-state index < -0.39 is 21.9 Å². The number of piperazine rings is 1. The molecule has 26 heavy (non-hydrogen) atoms. The van der Waals surface area contributed by atoms with Gasteiger partial charge in [0, 0.05) is 45.0 Å². The van der Waals surface area contributed by atoms with Crippen molar-refractivity contribution in [1.82, 2.24) is 8.61 Å². The third-order valence-corrected chi connectivity index (χ3v) is 7.21. The summed E-state index contributed by atoms with van der Waals surface area (Å²) in [5, 5.41) is 0. The van der Waals surface area contributed by atoms with Gasteiger partial charge in [0.2, 0.25) is 0 Å². The lowest BCUT2D eigenvalue weighted by Gasteiger charge is -2.39. The lowest BCUT2D eigenvalue weighted by atomic mass is 10.0. The second-order valence-electron chi connectivity index (χ2n) is 7.02. The molecule has 0 spiro atoms. The SMILES string of the molecule is CC1CCN(S(=O)(=O)N2CCN(c3cccc(C(F)(F)F)c3)CC2)CC1. The quantitative estimate of drug-likeness (QED) is 0.796. The van der Waals surface area contributed by atoms with Crippen LogP contribution in [0.1, 0.15) is 25.3 Å². The normalized spacial score (nSPS) is 21.9. The summed E-state index contributed by atoms with van der Waals surface area (Å²) in [6.45, 7) is 4.53. The van der Waals surface area contributed by atoms with Crippen molar-refractivity contribution in [2.75, 3.05) is 44.2 Å². The number of halogens is 3. The van der Waals surface area contributed by atoms with Crippen molar-refractivity contribution in [2.24, 2.45) is 5.92 Å². The average molecular weight is 391 g/mol. The molecule has 1 aromatic carbocycles. The first kappa shape index (κ1) is 19.4. The average Bonchev–Trinajstić information content (AvgIpc) is 2.62. The van der Waals surface area contributed by atoms with Gasteiger partial charge in [-0.3, -0.25) is 0 Å². The summed E-state index contributed by atoms with van der Waals surface area (Å²) in [7, 11) is -3.49. The highest BCUT2D eigenvalue weighted by molar-refractivity contribution is 7.86. The molecule has 2 saturated heterocycles. The zero-order valence-electron chi connectivity index (χ0n) is 14.7. The summed E-state index contributed by atoms with van der Waals surface area (Å²) in [6, 6.07) is 5.18. The van der Waals surface area contributed by atoms with Gasteiger partial charge in [0.15, 0.2) is 0 Å². The predicted molar refractivity (Wildman–Crippen MR) is 94.1 cm³/mol. The Balaban J connectivity index is 1.64. The number of hydrogen-bond donors (Lipinski definition) is 0. The Morgan fingerprint density at radius 3 is 2.12 bits per heavy atom. The molecular weight excluding hydrogens is 367 g/mol. The number of rotatable bonds is 3. The zero-order chi connectivity index (χ0) is 18.9. The predicted octanol–water partition coefficient (Wildman–Crippen LogP) is 2.80. The van der Waals surface area contributed by atoms with E-state index in [1.807, 2.05) is 0 Å². The van der Waals surface area contributed by atoms with Gasteiger partial charge in [0.1, 0.15) is 0 Å². The van der Waals surface area contributed by atoms with Gasteiger partial charge < -0.3 is 4.90 Å². The molecule has 1 aromatic rings. The lowest BCUT2D eigenvalue weighted by Crippen LogP contribution is -2.54. The van der Waals surface area contributed by atoms with Crippen LogP contribution in [0.4, 0.5) is 18.9 Å². The summed E-state index contributed by atoms with van der Waals surface area (Å²) >= 11 is 0. The van der Waals surface area contributed by atoms with Gasteiger partial charge in [-0.05, 0) is 37.0 Å². The molecule has 146 valence electrons. The lowest BCUT2D eigenvalue weighted by molar-refractivity contribution is -0.137. The van der Waals surface area contributed by atoms with E-state index in [0.717, 1.165) is 25.0 Å². The van der Waals surface area contributed by atoms with Crippen molar-refractivity contribution < 1.29 is 21.6 Å². The molecule has 0 bridgehead atoms. The zero-order valence-corrected chi connectivity index (χ0v) is 15.6. The van der Waals surface area contributed by atoms with Crippen LogP contribution >= 0.6 is 0 Å². The molecule has 0 saturated carbocycles. The Kier molecular flexibility index (Phi) is 5.50. The molecule has 2 fully saturated rings. The molecule has 2 heterocycles. The Hall–Kier alpha value is -1.32. The highest BCUT2D eigenvalue weighted by Gasteiger charge is 2.35. The van der Waals surface area contributed by atoms with E-state index >= 15 is 0 Å². The summed E-state index contributed by atoms with van der Waals surface area (Å²) < 4.78 is 67.1. The Morgan fingerprint density at radius 2 is 1.54 bits per heavy atom. The molecule has 0 atom stereocenters. The third-order valence-electron chi connectivity index (χ3n) is 5.17. The van der Waals surface area contributed by atoms with Crippen molar-refractivity contribution in [1.29, 1.82) is 0 Å². The van der Waals surface area contributed by atoms with Crippen LogP contribution < -0.4 is 4.90 Å². The largest absolute Gasteiger partial charge is 0.416 e. The summed E-state index contributed by atoms with van der Waals surface area (Å²) in [6.07, 6.45) is -2.65. The van der Waals surface area contributed by atoms with E-state index in [1.54, 1.807) is 11.0 Å². The first-order valence-electron chi connectivity index (χ1n) is 8.85. The number of piperidine rings is 1. The minimum absolute atomic E-state index is 0.282. The van der Waals surface area contributed by atoms with Crippen LogP contribution in [-0.4, -0.2) is 56.3 Å². The van der Waals surface area contributed by atoms with E-state index in [1.165, 1.54) is 14.7 Å². The fourth-order valence-corrected chi connectivity index (χ4v) is 5.06. The van der Waals surface area contributed by atoms with Crippen molar-refractivity contribution in [2.45, 2.75) is 25.9 Å². The van der Waals surface area contributed by atoms with Crippen LogP contribution in [0.15, 0.2) is 24.3 Å². The molecule has 0 unspecified atom stereocenters. The Labute approximate surface area is 152 Å². The molecular formula is C17H24F3N3O2S. The third kappa shape index (κ3) is 4.15. The topological polar surface area (TPSA) is 43.9 Å². The second-order valence-corrected chi connectivity index (χ2v) is 8.95. The first-order valence-corrected chi connectivity index (χ1v) is 10.2. The number of nitrogens with zero attached hydrogens (tertiary/aromatic N) is 3. The minimum Gasteiger partial charge on any atom is -0.369 e. The Bertz CT molecular complexity index is 723. The second kappa shape index (κ2) is 7.36. The standard InChI is InChI=1S/C17H24F3N3O2S/c1-14-5-7-22(8-6-14)26(24,25)23-11-9-21(10-12-23)16-4-2-3-15(13-16)17(18,19)20/h2-4,13-14H,5-12H2,1H3. The summed E-state index contributed by atoms with van der Waals surface area (Å²) in [4.78, 5) is 1.81. The van der Waals surface area contributed by atoms with Crippen LogP contribution in [0, 0.1) is 5.92 Å². The number of benzene rings is 1. The molecule has 2 aliphatic rings. The molecule has 0 amide bonds. The smallest absolute Gasteiger partial charge is 0.369 e. The molecule has 0 aliphatic carbocycles. The highest BCUT2D eigenvalue weighted by Crippen LogP contribution is 2.32. The van der Waals surface area contributed by atoms with E-state index in [0.29, 0.717) is 37.8 Å². The van der Waals surface area contributed by atoms with Crippen LogP contribution in [0.5, 0.6) is 0 Å². The van der Waals surface area contributed by atoms with Crippen molar-refractivity contribution in [3.63, 3.8) is 0 Å². The number of hydrogen-bond acceptors (Lipinski definition) is 3.